The summed E-state index contributed by atoms with van der Waals surface area (Å²) in [5, 5.41) is 3.17. The lowest BCUT2D eigenvalue weighted by Crippen LogP contribution is -2.26. The van der Waals surface area contributed by atoms with Gasteiger partial charge in [0.2, 0.25) is 0 Å². The van der Waals surface area contributed by atoms with Gasteiger partial charge in [0.15, 0.2) is 4.77 Å². The average molecular weight is 435 g/mol. The van der Waals surface area contributed by atoms with Gasteiger partial charge in [0.1, 0.15) is 24.0 Å². The average Bonchev–Trinajstić information content (AvgIpc) is 2.77. The molecule has 0 radical (unpaired) electrons. The minimum absolute atomic E-state index is 0.170. The number of ether oxygens (including phenoxy) is 2. The van der Waals surface area contributed by atoms with Crippen molar-refractivity contribution in [3.63, 3.8) is 0 Å². The van der Waals surface area contributed by atoms with Crippen molar-refractivity contribution in [3.8, 4) is 5.75 Å². The van der Waals surface area contributed by atoms with E-state index in [1.807, 2.05) is 61.5 Å². The first-order chi connectivity index (χ1) is 15.0. The molecule has 4 N–H and O–H groups in total. The van der Waals surface area contributed by atoms with Crippen molar-refractivity contribution >= 4 is 29.8 Å². The Morgan fingerprint density at radius 2 is 1.87 bits per heavy atom. The molecule has 1 unspecified atom stereocenters. The molecule has 1 aliphatic heterocycles. The Labute approximate surface area is 184 Å². The zero-order valence-electron chi connectivity index (χ0n) is 17.1. The number of nitrogens with zero attached hydrogens (tertiary/aromatic N) is 1. The smallest absolute Gasteiger partial charge is 0.337 e. The quantitative estimate of drug-likeness (QED) is 0.406. The molecule has 4 rings (SSSR count). The van der Waals surface area contributed by atoms with Crippen LogP contribution in [-0.2, 0) is 16.1 Å². The molecule has 0 saturated carbocycles. The van der Waals surface area contributed by atoms with E-state index >= 15 is 0 Å². The summed E-state index contributed by atoms with van der Waals surface area (Å²) in [6.45, 7) is 1.99. The maximum atomic E-state index is 13.2. The molecule has 0 amide bonds. The summed E-state index contributed by atoms with van der Waals surface area (Å²) >= 11 is 5.18. The Balaban J connectivity index is 1.77. The molecule has 1 aromatic heterocycles. The Morgan fingerprint density at radius 3 is 2.55 bits per heavy atom. The highest BCUT2D eigenvalue weighted by molar-refractivity contribution is 7.71. The zero-order chi connectivity index (χ0) is 22.0. The van der Waals surface area contributed by atoms with Crippen molar-refractivity contribution in [2.24, 2.45) is 0 Å². The molecule has 0 spiro atoms. The van der Waals surface area contributed by atoms with Gasteiger partial charge in [-0.15, -0.1) is 0 Å². The van der Waals surface area contributed by atoms with E-state index in [0.29, 0.717) is 34.2 Å². The third-order valence-electron chi connectivity index (χ3n) is 5.17. The fraction of sp³-hybridized carbons (Fsp3) is 0.174. The summed E-state index contributed by atoms with van der Waals surface area (Å²) in [5.74, 6) is 0.681. The van der Waals surface area contributed by atoms with Crippen LogP contribution in [0.25, 0.3) is 0 Å². The Hall–Kier alpha value is -3.65. The third kappa shape index (κ3) is 4.15. The molecule has 2 aromatic carbocycles. The Morgan fingerprint density at radius 1 is 1.16 bits per heavy atom. The van der Waals surface area contributed by atoms with Crippen molar-refractivity contribution in [2.45, 2.75) is 19.4 Å². The predicted molar refractivity (Wildman–Crippen MR) is 121 cm³/mol. The molecule has 2 heterocycles. The second-order valence-corrected chi connectivity index (χ2v) is 7.54. The summed E-state index contributed by atoms with van der Waals surface area (Å²) in [6.07, 6.45) is 0. The number of esters is 1. The molecule has 3 aromatic rings. The molecular weight excluding hydrogens is 412 g/mol. The molecule has 158 valence electrons. The van der Waals surface area contributed by atoms with Gasteiger partial charge in [0.25, 0.3) is 0 Å². The van der Waals surface area contributed by atoms with Crippen molar-refractivity contribution < 1.29 is 14.3 Å². The number of rotatable bonds is 5. The van der Waals surface area contributed by atoms with Crippen molar-refractivity contribution in [1.82, 2.24) is 9.97 Å². The molecule has 0 aliphatic carbocycles. The first-order valence-electron chi connectivity index (χ1n) is 9.70. The van der Waals surface area contributed by atoms with E-state index in [-0.39, 0.29) is 11.4 Å². The fourth-order valence-electron chi connectivity index (χ4n) is 3.69. The van der Waals surface area contributed by atoms with E-state index < -0.39 is 11.9 Å². The molecule has 0 bridgehead atoms. The number of methoxy groups -OCH3 is 1. The number of carbonyl (C=O) groups is 1. The fourth-order valence-corrected chi connectivity index (χ4v) is 3.90. The minimum Gasteiger partial charge on any atom is -0.497 e. The van der Waals surface area contributed by atoms with Crippen molar-refractivity contribution in [1.29, 1.82) is 0 Å². The standard InChI is InChI=1S/C23H22N4O3S/c1-13-17(22(28)30-12-14-6-4-3-5-7-14)18(15-8-10-16(29-2)11-9-15)19-20(24)26-23(31)27-21(19)25-13/h3-11,18H,12H2,1-2H3,(H4,24,25,26,27,31). The van der Waals surface area contributed by atoms with Crippen LogP contribution in [-0.4, -0.2) is 23.0 Å². The number of hydrogen-bond acceptors (Lipinski definition) is 7. The molecule has 0 fully saturated rings. The van der Waals surface area contributed by atoms with Gasteiger partial charge >= 0.3 is 5.97 Å². The van der Waals surface area contributed by atoms with Crippen LogP contribution in [0.3, 0.4) is 0 Å². The second-order valence-electron chi connectivity index (χ2n) is 7.15. The van der Waals surface area contributed by atoms with Crippen molar-refractivity contribution in [3.05, 3.63) is 87.3 Å². The Kier molecular flexibility index (Phi) is 5.73. The van der Waals surface area contributed by atoms with Gasteiger partial charge in [-0.25, -0.2) is 9.78 Å². The van der Waals surface area contributed by atoms with Gasteiger partial charge in [-0.1, -0.05) is 42.5 Å². The van der Waals surface area contributed by atoms with Gasteiger partial charge in [-0.3, -0.25) is 0 Å². The van der Waals surface area contributed by atoms with Crippen LogP contribution in [0.15, 0.2) is 65.9 Å². The highest BCUT2D eigenvalue weighted by Crippen LogP contribution is 2.43. The normalized spacial score (nSPS) is 15.1. The summed E-state index contributed by atoms with van der Waals surface area (Å²) in [4.78, 5) is 20.5. The number of fused-ring (bicyclic) bond motifs is 1. The van der Waals surface area contributed by atoms with Crippen LogP contribution in [0.5, 0.6) is 5.75 Å². The highest BCUT2D eigenvalue weighted by Gasteiger charge is 2.36. The Bertz CT molecular complexity index is 1200. The number of nitrogen functional groups attached to an aromatic ring is 1. The molecule has 1 aliphatic rings. The maximum Gasteiger partial charge on any atom is 0.337 e. The number of allylic oxidation sites excluding steroid dienone is 1. The van der Waals surface area contributed by atoms with Crippen LogP contribution < -0.4 is 15.8 Å². The van der Waals surface area contributed by atoms with Crippen molar-refractivity contribution in [2.75, 3.05) is 18.2 Å². The van der Waals surface area contributed by atoms with Gasteiger partial charge < -0.3 is 25.5 Å². The second kappa shape index (κ2) is 8.61. The number of nitrogens with two attached hydrogens (primary N) is 1. The molecule has 31 heavy (non-hydrogen) atoms. The number of aromatic nitrogens is 2. The molecule has 7 nitrogen and oxygen atoms in total. The summed E-state index contributed by atoms with van der Waals surface area (Å²) in [7, 11) is 1.60. The molecular formula is C23H22N4O3S. The number of benzene rings is 2. The van der Waals surface area contributed by atoms with Crippen LogP contribution in [0.4, 0.5) is 11.6 Å². The zero-order valence-corrected chi connectivity index (χ0v) is 18.0. The minimum atomic E-state index is -0.482. The van der Waals surface area contributed by atoms with Crippen LogP contribution in [0, 0.1) is 4.77 Å². The number of H-pyrrole nitrogens is 1. The lowest BCUT2D eigenvalue weighted by Gasteiger charge is -2.30. The van der Waals surface area contributed by atoms with Gasteiger partial charge in [0.05, 0.1) is 18.6 Å². The van der Waals surface area contributed by atoms with Gasteiger partial charge in [-0.2, -0.15) is 0 Å². The van der Waals surface area contributed by atoms with E-state index in [4.69, 9.17) is 27.4 Å². The van der Waals surface area contributed by atoms with E-state index in [2.05, 4.69) is 15.3 Å². The van der Waals surface area contributed by atoms with E-state index in [1.54, 1.807) is 7.11 Å². The molecule has 8 heteroatoms. The van der Waals surface area contributed by atoms with Gasteiger partial charge in [-0.05, 0) is 42.4 Å². The van der Waals surface area contributed by atoms with Crippen LogP contribution in [0.2, 0.25) is 0 Å². The highest BCUT2D eigenvalue weighted by atomic mass is 32.1. The molecule has 0 saturated heterocycles. The number of aromatic amines is 1. The summed E-state index contributed by atoms with van der Waals surface area (Å²) in [5.41, 5.74) is 9.81. The summed E-state index contributed by atoms with van der Waals surface area (Å²) in [6, 6.07) is 17.0. The maximum absolute atomic E-state index is 13.2. The largest absolute Gasteiger partial charge is 0.497 e. The number of nitrogens with one attached hydrogen (secondary N) is 2. The van der Waals surface area contributed by atoms with Crippen LogP contribution >= 0.6 is 12.2 Å². The first kappa shape index (κ1) is 20.6. The lowest BCUT2D eigenvalue weighted by atomic mass is 9.82. The van der Waals surface area contributed by atoms with E-state index in [9.17, 15) is 4.79 Å². The van der Waals surface area contributed by atoms with E-state index in [0.717, 1.165) is 11.1 Å². The SMILES string of the molecule is COc1ccc(C2C(C(=O)OCc3ccccc3)=C(C)Nc3nc(=S)[nH]c(N)c32)cc1. The number of anilines is 2. The van der Waals surface area contributed by atoms with E-state index in [1.165, 1.54) is 0 Å². The monoisotopic (exact) mass is 434 g/mol. The third-order valence-corrected chi connectivity index (χ3v) is 5.36. The lowest BCUT2D eigenvalue weighted by molar-refractivity contribution is -0.140. The topological polar surface area (TPSA) is 102 Å². The van der Waals surface area contributed by atoms with Crippen LogP contribution in [0.1, 0.15) is 29.5 Å². The van der Waals surface area contributed by atoms with Gasteiger partial charge in [0, 0.05) is 11.3 Å². The summed E-state index contributed by atoms with van der Waals surface area (Å²) < 4.78 is 11.2. The first-order valence-corrected chi connectivity index (χ1v) is 10.1. The predicted octanol–water partition coefficient (Wildman–Crippen LogP) is 4.30. The molecule has 1 atom stereocenters. The number of hydrogen-bond donors (Lipinski definition) is 3. The number of carbonyl (C=O) groups excluding carboxylic acids is 1.